The standard InChI is InChI=1S/C29H25Cl2N3O4S/c1-21-6-16-27(17-7-21)39(36,37)34(25-12-10-24(30)11-13-25)19-29(35)33-32-18-22-8-14-26(15-9-22)38-20-23-4-2-3-5-28(23)31/h2-18H,19-20H2,1H3,(H,33,35)/b32-18-. The lowest BCUT2D eigenvalue weighted by molar-refractivity contribution is -0.119. The van der Waals surface area contributed by atoms with Crippen LogP contribution >= 0.6 is 23.2 Å². The Labute approximate surface area is 237 Å². The third kappa shape index (κ3) is 7.60. The molecule has 7 nitrogen and oxygen atoms in total. The maximum atomic E-state index is 13.4. The first kappa shape index (κ1) is 28.2. The summed E-state index contributed by atoms with van der Waals surface area (Å²) in [6.07, 6.45) is 1.46. The average molecular weight is 583 g/mol. The number of aryl methyl sites for hydroxylation is 1. The normalized spacial score (nSPS) is 11.4. The Morgan fingerprint density at radius 2 is 1.59 bits per heavy atom. The number of hydrogen-bond acceptors (Lipinski definition) is 5. The highest BCUT2D eigenvalue weighted by Crippen LogP contribution is 2.25. The number of benzene rings is 4. The zero-order chi connectivity index (χ0) is 27.8. The van der Waals surface area contributed by atoms with Crippen LogP contribution in [0, 0.1) is 6.92 Å². The molecule has 4 aromatic carbocycles. The van der Waals surface area contributed by atoms with Crippen molar-refractivity contribution in [2.45, 2.75) is 18.4 Å². The minimum Gasteiger partial charge on any atom is -0.489 e. The molecule has 0 aromatic heterocycles. The van der Waals surface area contributed by atoms with Gasteiger partial charge >= 0.3 is 0 Å². The largest absolute Gasteiger partial charge is 0.489 e. The van der Waals surface area contributed by atoms with Crippen LogP contribution in [-0.4, -0.2) is 27.1 Å². The molecule has 0 unspecified atom stereocenters. The number of nitrogens with zero attached hydrogens (tertiary/aromatic N) is 2. The third-order valence-corrected chi connectivity index (χ3v) is 8.05. The molecule has 1 amide bonds. The van der Waals surface area contributed by atoms with E-state index in [0.29, 0.717) is 33.7 Å². The van der Waals surface area contributed by atoms with Crippen LogP contribution < -0.4 is 14.5 Å². The lowest BCUT2D eigenvalue weighted by atomic mass is 10.2. The fourth-order valence-corrected chi connectivity index (χ4v) is 5.27. The Morgan fingerprint density at radius 3 is 2.26 bits per heavy atom. The van der Waals surface area contributed by atoms with Crippen LogP contribution in [0.4, 0.5) is 5.69 Å². The van der Waals surface area contributed by atoms with Crippen molar-refractivity contribution >= 4 is 51.0 Å². The van der Waals surface area contributed by atoms with Gasteiger partial charge < -0.3 is 4.74 Å². The summed E-state index contributed by atoms with van der Waals surface area (Å²) in [5.74, 6) is 0.0348. The number of rotatable bonds is 10. The van der Waals surface area contributed by atoms with Crippen molar-refractivity contribution in [3.63, 3.8) is 0 Å². The zero-order valence-electron chi connectivity index (χ0n) is 20.9. The van der Waals surface area contributed by atoms with Gasteiger partial charge in [-0.15, -0.1) is 0 Å². The minimum absolute atomic E-state index is 0.0659. The van der Waals surface area contributed by atoms with Crippen molar-refractivity contribution < 1.29 is 17.9 Å². The number of carbonyl (C=O) groups excluding carboxylic acids is 1. The highest BCUT2D eigenvalue weighted by molar-refractivity contribution is 7.92. The SMILES string of the molecule is Cc1ccc(S(=O)(=O)N(CC(=O)N/N=C\c2ccc(OCc3ccccc3Cl)cc2)c2ccc(Cl)cc2)cc1. The first-order chi connectivity index (χ1) is 18.7. The molecule has 4 rings (SSSR count). The summed E-state index contributed by atoms with van der Waals surface area (Å²) >= 11 is 12.1. The molecule has 0 aliphatic carbocycles. The number of amides is 1. The minimum atomic E-state index is -4.03. The highest BCUT2D eigenvalue weighted by atomic mass is 35.5. The van der Waals surface area contributed by atoms with E-state index >= 15 is 0 Å². The van der Waals surface area contributed by atoms with E-state index in [1.807, 2.05) is 25.1 Å². The molecule has 0 bridgehead atoms. The second-order valence-electron chi connectivity index (χ2n) is 8.54. The molecule has 0 fully saturated rings. The van der Waals surface area contributed by atoms with Crippen molar-refractivity contribution in [2.75, 3.05) is 10.8 Å². The van der Waals surface area contributed by atoms with Crippen LogP contribution in [0.1, 0.15) is 16.7 Å². The summed E-state index contributed by atoms with van der Waals surface area (Å²) in [6, 6.07) is 27.2. The third-order valence-electron chi connectivity index (χ3n) is 5.65. The Bertz CT molecular complexity index is 1560. The van der Waals surface area contributed by atoms with Crippen LogP contribution in [0.25, 0.3) is 0 Å². The van der Waals surface area contributed by atoms with E-state index in [1.54, 1.807) is 66.7 Å². The van der Waals surface area contributed by atoms with E-state index in [1.165, 1.54) is 18.3 Å². The van der Waals surface area contributed by atoms with Crippen LogP contribution in [0.2, 0.25) is 10.0 Å². The van der Waals surface area contributed by atoms with E-state index in [9.17, 15) is 13.2 Å². The number of anilines is 1. The van der Waals surface area contributed by atoms with E-state index in [4.69, 9.17) is 27.9 Å². The monoisotopic (exact) mass is 581 g/mol. The molecule has 0 aliphatic heterocycles. The van der Waals surface area contributed by atoms with Gasteiger partial charge in [-0.05, 0) is 79.2 Å². The molecule has 0 saturated carbocycles. The molecule has 10 heteroatoms. The fraction of sp³-hybridized carbons (Fsp3) is 0.103. The first-order valence-electron chi connectivity index (χ1n) is 11.9. The van der Waals surface area contributed by atoms with Gasteiger partial charge in [-0.1, -0.05) is 59.1 Å². The molecule has 0 spiro atoms. The molecule has 1 N–H and O–H groups in total. The average Bonchev–Trinajstić information content (AvgIpc) is 2.93. The Balaban J connectivity index is 1.40. The molecular formula is C29H25Cl2N3O4S. The number of nitrogens with one attached hydrogen (secondary N) is 1. The smallest absolute Gasteiger partial charge is 0.264 e. The number of ether oxygens (including phenoxy) is 1. The van der Waals surface area contributed by atoms with Gasteiger partial charge in [0.05, 0.1) is 16.8 Å². The lowest BCUT2D eigenvalue weighted by Crippen LogP contribution is -2.39. The Hall–Kier alpha value is -3.85. The molecule has 39 heavy (non-hydrogen) atoms. The summed E-state index contributed by atoms with van der Waals surface area (Å²) < 4.78 is 33.6. The van der Waals surface area contributed by atoms with Crippen molar-refractivity contribution in [2.24, 2.45) is 5.10 Å². The summed E-state index contributed by atoms with van der Waals surface area (Å²) in [4.78, 5) is 12.8. The van der Waals surface area contributed by atoms with E-state index in [0.717, 1.165) is 15.4 Å². The van der Waals surface area contributed by atoms with Crippen LogP contribution in [0.15, 0.2) is 107 Å². The summed E-state index contributed by atoms with van der Waals surface area (Å²) in [6.45, 7) is 1.71. The van der Waals surface area contributed by atoms with Gasteiger partial charge in [-0.3, -0.25) is 9.10 Å². The molecule has 200 valence electrons. The van der Waals surface area contributed by atoms with Gasteiger partial charge in [0, 0.05) is 15.6 Å². The number of hydrogen-bond donors (Lipinski definition) is 1. The predicted octanol–water partition coefficient (Wildman–Crippen LogP) is 6.23. The van der Waals surface area contributed by atoms with Gasteiger partial charge in [0.1, 0.15) is 18.9 Å². The number of sulfonamides is 1. The van der Waals surface area contributed by atoms with Crippen LogP contribution in [0.5, 0.6) is 5.75 Å². The van der Waals surface area contributed by atoms with Crippen molar-refractivity contribution in [3.05, 3.63) is 124 Å². The predicted molar refractivity (Wildman–Crippen MR) is 155 cm³/mol. The molecule has 0 radical (unpaired) electrons. The van der Waals surface area contributed by atoms with E-state index in [-0.39, 0.29) is 4.90 Å². The molecule has 0 saturated heterocycles. The molecule has 0 aliphatic rings. The first-order valence-corrected chi connectivity index (χ1v) is 14.0. The van der Waals surface area contributed by atoms with Crippen molar-refractivity contribution in [1.82, 2.24) is 5.43 Å². The van der Waals surface area contributed by atoms with Crippen molar-refractivity contribution in [3.8, 4) is 5.75 Å². The maximum Gasteiger partial charge on any atom is 0.264 e. The molecule has 4 aromatic rings. The molecule has 0 atom stereocenters. The molecular weight excluding hydrogens is 557 g/mol. The van der Waals surface area contributed by atoms with Gasteiger partial charge in [0.15, 0.2) is 0 Å². The summed E-state index contributed by atoms with van der Waals surface area (Å²) in [7, 11) is -4.03. The zero-order valence-corrected chi connectivity index (χ0v) is 23.2. The van der Waals surface area contributed by atoms with E-state index < -0.39 is 22.5 Å². The highest BCUT2D eigenvalue weighted by Gasteiger charge is 2.27. The topological polar surface area (TPSA) is 88.1 Å². The number of carbonyl (C=O) groups is 1. The maximum absolute atomic E-state index is 13.4. The Kier molecular flexibility index (Phi) is 9.24. The van der Waals surface area contributed by atoms with E-state index in [2.05, 4.69) is 10.5 Å². The second kappa shape index (κ2) is 12.8. The van der Waals surface area contributed by atoms with Gasteiger partial charge in [-0.2, -0.15) is 5.10 Å². The fourth-order valence-electron chi connectivity index (χ4n) is 3.53. The summed E-state index contributed by atoms with van der Waals surface area (Å²) in [5, 5.41) is 5.06. The quantitative estimate of drug-likeness (QED) is 0.178. The number of hydrazone groups is 1. The Morgan fingerprint density at radius 1 is 0.923 bits per heavy atom. The lowest BCUT2D eigenvalue weighted by Gasteiger charge is -2.23. The van der Waals surface area contributed by atoms with Crippen molar-refractivity contribution in [1.29, 1.82) is 0 Å². The van der Waals surface area contributed by atoms with Gasteiger partial charge in [-0.25, -0.2) is 13.8 Å². The summed E-state index contributed by atoms with van der Waals surface area (Å²) in [5.41, 5.74) is 5.20. The van der Waals surface area contributed by atoms with Crippen LogP contribution in [0.3, 0.4) is 0 Å². The molecule has 0 heterocycles. The van der Waals surface area contributed by atoms with Gasteiger partial charge in [0.25, 0.3) is 15.9 Å². The van der Waals surface area contributed by atoms with Gasteiger partial charge in [0.2, 0.25) is 0 Å². The second-order valence-corrected chi connectivity index (χ2v) is 11.2. The number of halogens is 2. The van der Waals surface area contributed by atoms with Crippen LogP contribution in [-0.2, 0) is 21.4 Å².